The lowest BCUT2D eigenvalue weighted by molar-refractivity contribution is 0.102. The Morgan fingerprint density at radius 1 is 1.19 bits per heavy atom. The molecule has 3 rings (SSSR count). The van der Waals surface area contributed by atoms with Crippen molar-refractivity contribution >= 4 is 21.6 Å². The van der Waals surface area contributed by atoms with E-state index in [1.54, 1.807) is 25.1 Å². The maximum Gasteiger partial charge on any atom is 0.255 e. The minimum Gasteiger partial charge on any atom is -0.322 e. The number of hydrogen-bond acceptors (Lipinski definition) is 3. The fraction of sp³-hybridized carbons (Fsp3) is 0.350. The lowest BCUT2D eigenvalue weighted by Crippen LogP contribution is -2.41. The lowest BCUT2D eigenvalue weighted by atomic mass is 10.1. The molecular formula is C20H23FN2O3S. The van der Waals surface area contributed by atoms with Crippen LogP contribution in [0.3, 0.4) is 0 Å². The third-order valence-electron chi connectivity index (χ3n) is 4.89. The molecule has 2 aromatic rings. The number of hydrogen-bond donors (Lipinski definition) is 1. The van der Waals surface area contributed by atoms with Crippen LogP contribution in [-0.2, 0) is 10.0 Å². The van der Waals surface area contributed by atoms with Gasteiger partial charge in [0.05, 0.1) is 4.90 Å². The molecule has 7 heteroatoms. The van der Waals surface area contributed by atoms with E-state index in [1.807, 2.05) is 6.92 Å². The maximum absolute atomic E-state index is 13.4. The zero-order valence-corrected chi connectivity index (χ0v) is 16.2. The van der Waals surface area contributed by atoms with E-state index in [9.17, 15) is 17.6 Å². The molecule has 5 nitrogen and oxygen atoms in total. The Hall–Kier alpha value is -2.25. The molecule has 0 aromatic heterocycles. The van der Waals surface area contributed by atoms with E-state index in [-0.39, 0.29) is 16.5 Å². The number of aryl methyl sites for hydroxylation is 1. The van der Waals surface area contributed by atoms with Gasteiger partial charge in [0.15, 0.2) is 0 Å². The van der Waals surface area contributed by atoms with Crippen LogP contribution in [-0.4, -0.2) is 31.2 Å². The monoisotopic (exact) mass is 390 g/mol. The number of carbonyl (C=O) groups is 1. The summed E-state index contributed by atoms with van der Waals surface area (Å²) in [6.45, 7) is 4.15. The SMILES string of the molecule is Cc1ccc(F)cc1NC(=O)c1cccc(S(=O)(=O)N2CCCCC2C)c1. The Morgan fingerprint density at radius 2 is 1.96 bits per heavy atom. The van der Waals surface area contributed by atoms with Crippen LogP contribution in [0.1, 0.15) is 42.1 Å². The zero-order chi connectivity index (χ0) is 19.6. The Morgan fingerprint density at radius 3 is 2.70 bits per heavy atom. The summed E-state index contributed by atoms with van der Waals surface area (Å²) in [4.78, 5) is 12.7. The zero-order valence-electron chi connectivity index (χ0n) is 15.4. The Balaban J connectivity index is 1.86. The topological polar surface area (TPSA) is 66.5 Å². The van der Waals surface area contributed by atoms with Crippen LogP contribution in [0.25, 0.3) is 0 Å². The number of nitrogens with one attached hydrogen (secondary N) is 1. The first-order valence-corrected chi connectivity index (χ1v) is 10.4. The number of halogens is 1. The molecule has 1 fully saturated rings. The molecular weight excluding hydrogens is 367 g/mol. The predicted molar refractivity (Wildman–Crippen MR) is 103 cm³/mol. The van der Waals surface area contributed by atoms with Crippen LogP contribution in [0.4, 0.5) is 10.1 Å². The molecule has 1 amide bonds. The van der Waals surface area contributed by atoms with Crippen molar-refractivity contribution in [1.82, 2.24) is 4.31 Å². The highest BCUT2D eigenvalue weighted by Crippen LogP contribution is 2.26. The van der Waals surface area contributed by atoms with Gasteiger partial charge in [-0.1, -0.05) is 18.6 Å². The molecule has 0 aliphatic carbocycles. The number of benzene rings is 2. The van der Waals surface area contributed by atoms with Crippen LogP contribution in [0, 0.1) is 12.7 Å². The number of amides is 1. The number of piperidine rings is 1. The highest BCUT2D eigenvalue weighted by atomic mass is 32.2. The summed E-state index contributed by atoms with van der Waals surface area (Å²) >= 11 is 0. The van der Waals surface area contributed by atoms with E-state index < -0.39 is 21.7 Å². The van der Waals surface area contributed by atoms with E-state index >= 15 is 0 Å². The normalized spacial score (nSPS) is 18.3. The van der Waals surface area contributed by atoms with E-state index in [0.717, 1.165) is 24.8 Å². The van der Waals surface area contributed by atoms with Crippen LogP contribution in [0.2, 0.25) is 0 Å². The van der Waals surface area contributed by atoms with Crippen molar-refractivity contribution < 1.29 is 17.6 Å². The molecule has 1 saturated heterocycles. The van der Waals surface area contributed by atoms with Crippen LogP contribution in [0.15, 0.2) is 47.4 Å². The first kappa shape index (κ1) is 19.5. The minimum absolute atomic E-state index is 0.0591. The largest absolute Gasteiger partial charge is 0.322 e. The molecule has 1 aliphatic rings. The van der Waals surface area contributed by atoms with Crippen molar-refractivity contribution in [3.63, 3.8) is 0 Å². The van der Waals surface area contributed by atoms with Gasteiger partial charge < -0.3 is 5.32 Å². The summed E-state index contributed by atoms with van der Waals surface area (Å²) < 4.78 is 40.9. The first-order valence-electron chi connectivity index (χ1n) is 8.98. The van der Waals surface area contributed by atoms with Gasteiger partial charge in [0.25, 0.3) is 5.91 Å². The molecule has 2 aromatic carbocycles. The fourth-order valence-electron chi connectivity index (χ4n) is 3.29. The molecule has 1 atom stereocenters. The number of anilines is 1. The van der Waals surface area contributed by atoms with Gasteiger partial charge in [-0.05, 0) is 62.6 Å². The van der Waals surface area contributed by atoms with Crippen molar-refractivity contribution in [1.29, 1.82) is 0 Å². The van der Waals surface area contributed by atoms with Gasteiger partial charge in [-0.3, -0.25) is 4.79 Å². The predicted octanol–water partition coefficient (Wildman–Crippen LogP) is 3.95. The van der Waals surface area contributed by atoms with E-state index in [0.29, 0.717) is 12.2 Å². The van der Waals surface area contributed by atoms with Crippen LogP contribution >= 0.6 is 0 Å². The fourth-order valence-corrected chi connectivity index (χ4v) is 5.03. The van der Waals surface area contributed by atoms with Gasteiger partial charge >= 0.3 is 0 Å². The third-order valence-corrected chi connectivity index (χ3v) is 6.90. The summed E-state index contributed by atoms with van der Waals surface area (Å²) in [5.74, 6) is -0.932. The maximum atomic E-state index is 13.4. The molecule has 1 aliphatic heterocycles. The molecule has 1 N–H and O–H groups in total. The lowest BCUT2D eigenvalue weighted by Gasteiger charge is -2.32. The van der Waals surface area contributed by atoms with Gasteiger partial charge in [0.2, 0.25) is 10.0 Å². The molecule has 0 saturated carbocycles. The quantitative estimate of drug-likeness (QED) is 0.860. The second-order valence-electron chi connectivity index (χ2n) is 6.90. The van der Waals surface area contributed by atoms with Gasteiger partial charge in [-0.15, -0.1) is 0 Å². The van der Waals surface area contributed by atoms with E-state index in [1.165, 1.54) is 28.6 Å². The van der Waals surface area contributed by atoms with Gasteiger partial charge in [0.1, 0.15) is 5.82 Å². The Labute approximate surface area is 159 Å². The summed E-state index contributed by atoms with van der Waals surface area (Å²) in [6, 6.07) is 10.0. The molecule has 0 spiro atoms. The van der Waals surface area contributed by atoms with Crippen molar-refractivity contribution in [2.24, 2.45) is 0 Å². The Kier molecular flexibility index (Phi) is 5.62. The van der Waals surface area contributed by atoms with E-state index in [2.05, 4.69) is 5.32 Å². The summed E-state index contributed by atoms with van der Waals surface area (Å²) in [7, 11) is -3.66. The number of nitrogens with zero attached hydrogens (tertiary/aromatic N) is 1. The van der Waals surface area contributed by atoms with Gasteiger partial charge in [-0.2, -0.15) is 4.31 Å². The standard InChI is InChI=1S/C20H23FN2O3S/c1-14-9-10-17(21)13-19(14)22-20(24)16-7-5-8-18(12-16)27(25,26)23-11-4-3-6-15(23)2/h5,7-10,12-13,15H,3-4,6,11H2,1-2H3,(H,22,24). The highest BCUT2D eigenvalue weighted by molar-refractivity contribution is 7.89. The smallest absolute Gasteiger partial charge is 0.255 e. The van der Waals surface area contributed by atoms with Crippen LogP contribution < -0.4 is 5.32 Å². The number of carbonyl (C=O) groups excluding carboxylic acids is 1. The molecule has 1 heterocycles. The average molecular weight is 390 g/mol. The molecule has 0 bridgehead atoms. The van der Waals surface area contributed by atoms with Crippen molar-refractivity contribution in [3.8, 4) is 0 Å². The third kappa shape index (κ3) is 4.20. The molecule has 0 radical (unpaired) electrons. The number of rotatable bonds is 4. The minimum atomic E-state index is -3.66. The van der Waals surface area contributed by atoms with E-state index in [4.69, 9.17) is 0 Å². The Bertz CT molecular complexity index is 959. The molecule has 144 valence electrons. The molecule has 27 heavy (non-hydrogen) atoms. The highest BCUT2D eigenvalue weighted by Gasteiger charge is 2.31. The van der Waals surface area contributed by atoms with Gasteiger partial charge in [0, 0.05) is 23.8 Å². The number of sulfonamides is 1. The van der Waals surface area contributed by atoms with Gasteiger partial charge in [-0.25, -0.2) is 12.8 Å². The second-order valence-corrected chi connectivity index (χ2v) is 8.79. The first-order chi connectivity index (χ1) is 12.8. The molecule has 1 unspecified atom stereocenters. The van der Waals surface area contributed by atoms with Crippen molar-refractivity contribution in [3.05, 3.63) is 59.4 Å². The van der Waals surface area contributed by atoms with Crippen molar-refractivity contribution in [2.75, 3.05) is 11.9 Å². The summed E-state index contributed by atoms with van der Waals surface area (Å²) in [6.07, 6.45) is 2.68. The summed E-state index contributed by atoms with van der Waals surface area (Å²) in [5, 5.41) is 2.65. The van der Waals surface area contributed by atoms with Crippen LogP contribution in [0.5, 0.6) is 0 Å². The average Bonchev–Trinajstić information content (AvgIpc) is 2.65. The van der Waals surface area contributed by atoms with Crippen molar-refractivity contribution in [2.45, 2.75) is 44.0 Å². The second kappa shape index (κ2) is 7.78. The summed E-state index contributed by atoms with van der Waals surface area (Å²) in [5.41, 5.74) is 1.29.